The molecule has 0 aliphatic carbocycles. The summed E-state index contributed by atoms with van der Waals surface area (Å²) < 4.78 is 0. The van der Waals surface area contributed by atoms with E-state index in [1.165, 1.54) is 215 Å². The van der Waals surface area contributed by atoms with E-state index in [-0.39, 0.29) is 0 Å². The second kappa shape index (κ2) is 16.3. The maximum absolute atomic E-state index is 2.44. The van der Waals surface area contributed by atoms with Gasteiger partial charge in [-0.2, -0.15) is 0 Å². The minimum absolute atomic E-state index is 1.26. The molecule has 0 aromatic heterocycles. The smallest absolute Gasteiger partial charge is 0.00988 e. The van der Waals surface area contributed by atoms with Crippen LogP contribution >= 0.6 is 0 Å². The number of rotatable bonds is 0. The van der Waals surface area contributed by atoms with Gasteiger partial charge in [0, 0.05) is 0 Å². The predicted molar refractivity (Wildman–Crippen MR) is 377 cm³/mol. The lowest BCUT2D eigenvalue weighted by Gasteiger charge is -2.12. The fourth-order valence-electron chi connectivity index (χ4n) is 15.5. The Morgan fingerprint density at radius 2 is 0.186 bits per heavy atom. The molecule has 0 spiro atoms. The Morgan fingerprint density at radius 1 is 0.0814 bits per heavy atom. The lowest BCUT2D eigenvalue weighted by molar-refractivity contribution is 1.79. The highest BCUT2D eigenvalue weighted by molar-refractivity contribution is 6.21. The van der Waals surface area contributed by atoms with Crippen LogP contribution in [0.3, 0.4) is 0 Å². The van der Waals surface area contributed by atoms with Crippen molar-refractivity contribution in [2.75, 3.05) is 0 Å². The van der Waals surface area contributed by atoms with Crippen LogP contribution in [0.5, 0.6) is 0 Å². The van der Waals surface area contributed by atoms with E-state index in [4.69, 9.17) is 0 Å². The Balaban J connectivity index is 0.640. The fourth-order valence-corrected chi connectivity index (χ4v) is 15.5. The summed E-state index contributed by atoms with van der Waals surface area (Å²) in [6, 6.07) is 108. The van der Waals surface area contributed by atoms with Crippen molar-refractivity contribution in [3.8, 4) is 0 Å². The van der Waals surface area contributed by atoms with Crippen LogP contribution in [0.15, 0.2) is 279 Å². The van der Waals surface area contributed by atoms with Gasteiger partial charge in [0.05, 0.1) is 0 Å². The summed E-state index contributed by atoms with van der Waals surface area (Å²) in [5.41, 5.74) is 0. The van der Waals surface area contributed by atoms with E-state index in [0.29, 0.717) is 0 Å². The molecular weight excluding hydrogens is 1030 g/mol. The Bertz CT molecular complexity index is 6390. The fraction of sp³-hybridized carbons (Fsp3) is 0. The van der Waals surface area contributed by atoms with Gasteiger partial charge in [-0.3, -0.25) is 0 Å². The Kier molecular flexibility index (Phi) is 8.61. The van der Waals surface area contributed by atoms with Crippen LogP contribution in [0.2, 0.25) is 0 Å². The number of hydrogen-bond donors (Lipinski definition) is 0. The molecule has 21 aromatic carbocycles. The van der Waals surface area contributed by atoms with Crippen LogP contribution in [0.4, 0.5) is 0 Å². The zero-order valence-corrected chi connectivity index (χ0v) is 46.6. The Morgan fingerprint density at radius 3 is 0.326 bits per heavy atom. The summed E-state index contributed by atoms with van der Waals surface area (Å²) in [5, 5.41) is 50.9. The molecule has 0 amide bonds. The molecule has 0 unspecified atom stereocenters. The molecule has 0 N–H and O–H groups in total. The first-order valence-corrected chi connectivity index (χ1v) is 30.1. The monoisotopic (exact) mass is 1080 g/mol. The first-order chi connectivity index (χ1) is 42.3. The number of hydrogen-bond acceptors (Lipinski definition) is 0. The van der Waals surface area contributed by atoms with Gasteiger partial charge < -0.3 is 0 Å². The maximum Gasteiger partial charge on any atom is -0.00988 e. The summed E-state index contributed by atoms with van der Waals surface area (Å²) in [6.45, 7) is 0. The van der Waals surface area contributed by atoms with Gasteiger partial charge in [0.25, 0.3) is 0 Å². The molecule has 21 aromatic rings. The zero-order valence-electron chi connectivity index (χ0n) is 46.6. The summed E-state index contributed by atoms with van der Waals surface area (Å²) in [4.78, 5) is 0. The first-order valence-electron chi connectivity index (χ1n) is 30.1. The number of fused-ring (bicyclic) bond motifs is 21. The maximum atomic E-state index is 2.44. The molecule has 0 bridgehead atoms. The molecule has 86 heavy (non-hydrogen) atoms. The Hall–Kier alpha value is -11.2. The van der Waals surface area contributed by atoms with Crippen molar-refractivity contribution in [1.29, 1.82) is 0 Å². The van der Waals surface area contributed by atoms with Crippen LogP contribution in [-0.2, 0) is 0 Å². The van der Waals surface area contributed by atoms with Gasteiger partial charge in [-0.25, -0.2) is 0 Å². The highest BCUT2D eigenvalue weighted by atomic mass is 14.2. The average Bonchev–Trinajstić information content (AvgIpc) is 1.36. The van der Waals surface area contributed by atoms with E-state index in [0.717, 1.165) is 0 Å². The van der Waals surface area contributed by atoms with E-state index in [9.17, 15) is 0 Å². The SMILES string of the molecule is c1ccc2cc3cc4cc5cc6cc7cc8cc9cc%10cc%11c(ccc%12cc%13cc%14cc%15cc%16cc%17cc%18cc%19cc%20cc%21ccccc%21cc%20cc%19cc%18cc%17cc%16cc%15cc%14cc%13cc%12%11)cc%10cc9cc8cc7cc6cc5cc4cc3cc2c1. The molecule has 0 saturated heterocycles. The third-order valence-corrected chi connectivity index (χ3v) is 19.9. The standard InChI is InChI=1S/C86H46/c1-3-7-49-13-55-19-61-25-67-31-73-37-77-39-79-41-81-43-83-45-85-51(15-57(83)21-63(81)27-69(79)33-75(77)35-71(73)29-65(67)23-59(61)17-53(55)11-47(49)5-1)9-10-52-16-58-22-64-28-70-34-76-36-72-30-66-24-60-18-54-12-48-6-2-4-8-50(48)14-56(54)20-62(60)26-68(66)32-74(72)38-78(76)40-80(70)42-82(64)44-84(58)46-86(52)85/h1-46H. The second-order valence-electron chi connectivity index (χ2n) is 25.1. The van der Waals surface area contributed by atoms with Crippen LogP contribution in [-0.4, -0.2) is 0 Å². The summed E-state index contributed by atoms with van der Waals surface area (Å²) in [7, 11) is 0. The van der Waals surface area contributed by atoms with Gasteiger partial charge in [-0.15, -0.1) is 0 Å². The largest absolute Gasteiger partial charge is 0.0616 e. The minimum Gasteiger partial charge on any atom is -0.0616 e. The zero-order chi connectivity index (χ0) is 55.6. The van der Waals surface area contributed by atoms with Crippen LogP contribution in [0.1, 0.15) is 0 Å². The average molecular weight is 1080 g/mol. The lowest BCUT2D eigenvalue weighted by atomic mass is 9.92. The molecular formula is C86H46. The minimum atomic E-state index is 1.26. The van der Waals surface area contributed by atoms with Gasteiger partial charge >= 0.3 is 0 Å². The third-order valence-electron chi connectivity index (χ3n) is 19.9. The van der Waals surface area contributed by atoms with Crippen molar-refractivity contribution < 1.29 is 0 Å². The summed E-state index contributed by atoms with van der Waals surface area (Å²) in [6.07, 6.45) is 0. The van der Waals surface area contributed by atoms with Gasteiger partial charge in [-0.1, -0.05) is 60.7 Å². The molecule has 0 atom stereocenters. The van der Waals surface area contributed by atoms with Gasteiger partial charge in [0.15, 0.2) is 0 Å². The molecule has 0 aliphatic heterocycles. The molecule has 0 fully saturated rings. The van der Waals surface area contributed by atoms with Crippen LogP contribution in [0, 0.1) is 0 Å². The Labute approximate surface area is 491 Å². The van der Waals surface area contributed by atoms with Crippen LogP contribution < -0.4 is 0 Å². The van der Waals surface area contributed by atoms with Crippen molar-refractivity contribution in [2.45, 2.75) is 0 Å². The molecule has 21 rings (SSSR count). The third kappa shape index (κ3) is 6.75. The van der Waals surface area contributed by atoms with Gasteiger partial charge in [0.2, 0.25) is 0 Å². The molecule has 0 radical (unpaired) electrons. The lowest BCUT2D eigenvalue weighted by Crippen LogP contribution is -1.85. The molecule has 0 saturated carbocycles. The van der Waals surface area contributed by atoms with Crippen molar-refractivity contribution in [2.24, 2.45) is 0 Å². The summed E-state index contributed by atoms with van der Waals surface area (Å²) in [5.74, 6) is 0. The van der Waals surface area contributed by atoms with Crippen LogP contribution in [0.25, 0.3) is 215 Å². The molecule has 390 valence electrons. The molecule has 0 nitrogen and oxygen atoms in total. The number of benzene rings is 21. The van der Waals surface area contributed by atoms with Crippen molar-refractivity contribution in [3.63, 3.8) is 0 Å². The van der Waals surface area contributed by atoms with Gasteiger partial charge in [-0.05, 0) is 434 Å². The van der Waals surface area contributed by atoms with Crippen molar-refractivity contribution in [3.05, 3.63) is 279 Å². The predicted octanol–water partition coefficient (Wildman–Crippen LogP) is 24.8. The normalized spacial score (nSPS) is 12.7. The van der Waals surface area contributed by atoms with E-state index in [1.807, 2.05) is 0 Å². The summed E-state index contributed by atoms with van der Waals surface area (Å²) >= 11 is 0. The molecule has 0 heteroatoms. The molecule has 0 heterocycles. The first kappa shape index (κ1) is 45.3. The quantitative estimate of drug-likeness (QED) is 0.105. The highest BCUT2D eigenvalue weighted by Crippen LogP contribution is 2.41. The molecule has 0 aliphatic rings. The highest BCUT2D eigenvalue weighted by Gasteiger charge is 2.14. The van der Waals surface area contributed by atoms with E-state index in [2.05, 4.69) is 279 Å². The van der Waals surface area contributed by atoms with Crippen molar-refractivity contribution in [1.82, 2.24) is 0 Å². The second-order valence-corrected chi connectivity index (χ2v) is 25.1. The van der Waals surface area contributed by atoms with Gasteiger partial charge in [0.1, 0.15) is 0 Å². The van der Waals surface area contributed by atoms with E-state index in [1.54, 1.807) is 0 Å². The topological polar surface area (TPSA) is 0 Å². The van der Waals surface area contributed by atoms with Crippen molar-refractivity contribution >= 4 is 215 Å². The van der Waals surface area contributed by atoms with E-state index >= 15 is 0 Å². The van der Waals surface area contributed by atoms with E-state index < -0.39 is 0 Å².